The lowest BCUT2D eigenvalue weighted by Crippen LogP contribution is -2.12. The predicted molar refractivity (Wildman–Crippen MR) is 120 cm³/mol. The van der Waals surface area contributed by atoms with E-state index in [-0.39, 0.29) is 17.9 Å². The van der Waals surface area contributed by atoms with Crippen LogP contribution in [-0.4, -0.2) is 42.9 Å². The second-order valence-electron chi connectivity index (χ2n) is 6.81. The molecule has 3 rings (SSSR count). The van der Waals surface area contributed by atoms with Crippen molar-refractivity contribution in [2.24, 2.45) is 0 Å². The largest absolute Gasteiger partial charge is 0.609 e. The van der Waals surface area contributed by atoms with E-state index in [9.17, 15) is 19.5 Å². The third-order valence-electron chi connectivity index (χ3n) is 4.53. The third-order valence-corrected chi connectivity index (χ3v) is 5.83. The molecule has 32 heavy (non-hydrogen) atoms. The number of aliphatic carboxylic acids is 1. The Morgan fingerprint density at radius 2 is 2.09 bits per heavy atom. The minimum absolute atomic E-state index is 0.123. The van der Waals surface area contributed by atoms with Crippen LogP contribution in [0.1, 0.15) is 17.5 Å². The van der Waals surface area contributed by atoms with Gasteiger partial charge in [-0.3, -0.25) is 10.1 Å². The van der Waals surface area contributed by atoms with E-state index < -0.39 is 22.1 Å². The molecule has 0 fully saturated rings. The summed E-state index contributed by atoms with van der Waals surface area (Å²) in [6, 6.07) is 11.9. The van der Waals surface area contributed by atoms with Crippen LogP contribution in [0, 0.1) is 17.0 Å². The molecule has 0 saturated carbocycles. The van der Waals surface area contributed by atoms with Gasteiger partial charge in [0.25, 0.3) is 5.69 Å². The number of rotatable bonds is 10. The number of H-pyrrole nitrogens is 1. The van der Waals surface area contributed by atoms with Crippen molar-refractivity contribution < 1.29 is 24.1 Å². The van der Waals surface area contributed by atoms with Crippen LogP contribution in [0.4, 0.5) is 5.69 Å². The first-order valence-electron chi connectivity index (χ1n) is 9.67. The number of nitrogens with zero attached hydrogens (tertiary/aromatic N) is 2. The lowest BCUT2D eigenvalue weighted by Gasteiger charge is -2.09. The van der Waals surface area contributed by atoms with Crippen molar-refractivity contribution in [3.63, 3.8) is 0 Å². The zero-order valence-electron chi connectivity index (χ0n) is 17.2. The molecule has 0 amide bonds. The quantitative estimate of drug-likeness (QED) is 0.155. The van der Waals surface area contributed by atoms with Crippen molar-refractivity contribution in [1.29, 1.82) is 0 Å². The van der Waals surface area contributed by atoms with Gasteiger partial charge in [-0.05, 0) is 30.7 Å². The van der Waals surface area contributed by atoms with Gasteiger partial charge in [0.2, 0.25) is 0 Å². The Kier molecular flexibility index (Phi) is 7.63. The number of nitro groups is 1. The SMILES string of the molecule is Cc1ccccc1-c1c[nH]c([S+]([O-])CCCOc2ccc([N+](=O)[O-])c(C=CC(=O)O)c2)n1. The summed E-state index contributed by atoms with van der Waals surface area (Å²) in [5.41, 5.74) is 2.68. The van der Waals surface area contributed by atoms with E-state index >= 15 is 0 Å². The standard InChI is InChI=1S/C22H21N3O6S/c1-15-5-2-3-6-18(15)19-14-23-22(24-19)32(30)12-4-11-31-17-8-9-20(25(28)29)16(13-17)7-10-21(26)27/h2-3,5-10,13-14H,4,11-12H2,1H3,(H,23,24)(H,26,27). The van der Waals surface area contributed by atoms with Crippen molar-refractivity contribution in [2.45, 2.75) is 18.5 Å². The van der Waals surface area contributed by atoms with Crippen LogP contribution in [0.3, 0.4) is 0 Å². The lowest BCUT2D eigenvalue weighted by molar-refractivity contribution is -0.385. The molecule has 0 radical (unpaired) electrons. The molecule has 0 bridgehead atoms. The summed E-state index contributed by atoms with van der Waals surface area (Å²) in [4.78, 5) is 28.6. The molecule has 3 aromatic rings. The Hall–Kier alpha value is -3.63. The summed E-state index contributed by atoms with van der Waals surface area (Å²) in [6.45, 7) is 2.22. The van der Waals surface area contributed by atoms with E-state index in [1.54, 1.807) is 6.20 Å². The van der Waals surface area contributed by atoms with Crippen LogP contribution in [-0.2, 0) is 16.0 Å². The summed E-state index contributed by atoms with van der Waals surface area (Å²) < 4.78 is 18.1. The van der Waals surface area contributed by atoms with Crippen molar-refractivity contribution >= 4 is 28.9 Å². The Bertz CT molecular complexity index is 1140. The molecule has 1 heterocycles. The molecule has 166 valence electrons. The van der Waals surface area contributed by atoms with Gasteiger partial charge in [0, 0.05) is 41.5 Å². The highest BCUT2D eigenvalue weighted by Crippen LogP contribution is 2.26. The van der Waals surface area contributed by atoms with Crippen LogP contribution in [0.2, 0.25) is 0 Å². The number of carbonyl (C=O) groups is 1. The molecule has 0 saturated heterocycles. The molecule has 0 aliphatic carbocycles. The number of hydrogen-bond donors (Lipinski definition) is 2. The van der Waals surface area contributed by atoms with E-state index in [0.29, 0.717) is 23.1 Å². The van der Waals surface area contributed by atoms with Gasteiger partial charge in [-0.25, -0.2) is 4.79 Å². The predicted octanol–water partition coefficient (Wildman–Crippen LogP) is 3.97. The van der Waals surface area contributed by atoms with Gasteiger partial charge in [0.15, 0.2) is 0 Å². The molecule has 0 spiro atoms. The van der Waals surface area contributed by atoms with Crippen LogP contribution in [0.25, 0.3) is 17.3 Å². The number of imidazole rings is 1. The van der Waals surface area contributed by atoms with Crippen LogP contribution in [0.15, 0.2) is 59.9 Å². The van der Waals surface area contributed by atoms with E-state index in [4.69, 9.17) is 9.84 Å². The number of hydrogen-bond acceptors (Lipinski definition) is 6. The van der Waals surface area contributed by atoms with Gasteiger partial charge in [-0.1, -0.05) is 24.3 Å². The lowest BCUT2D eigenvalue weighted by atomic mass is 10.1. The number of benzene rings is 2. The molecule has 1 atom stereocenters. The normalized spacial score (nSPS) is 12.1. The number of nitro benzene ring substituents is 1. The second kappa shape index (κ2) is 10.6. The fraction of sp³-hybridized carbons (Fsp3) is 0.182. The summed E-state index contributed by atoms with van der Waals surface area (Å²) in [5, 5.41) is 20.2. The summed E-state index contributed by atoms with van der Waals surface area (Å²) >= 11 is -1.34. The number of aromatic amines is 1. The highest BCUT2D eigenvalue weighted by Gasteiger charge is 2.17. The zero-order chi connectivity index (χ0) is 23.1. The summed E-state index contributed by atoms with van der Waals surface area (Å²) in [5.74, 6) is -0.540. The molecule has 10 heteroatoms. The number of aromatic nitrogens is 2. The van der Waals surface area contributed by atoms with E-state index in [1.807, 2.05) is 31.2 Å². The highest BCUT2D eigenvalue weighted by atomic mass is 32.2. The monoisotopic (exact) mass is 455 g/mol. The van der Waals surface area contributed by atoms with Crippen molar-refractivity contribution in [2.75, 3.05) is 12.4 Å². The van der Waals surface area contributed by atoms with Gasteiger partial charge in [-0.2, -0.15) is 4.98 Å². The number of carboxylic acid groups (broad SMARTS) is 1. The molecular formula is C22H21N3O6S. The molecule has 2 aromatic carbocycles. The van der Waals surface area contributed by atoms with Crippen molar-refractivity contribution in [3.8, 4) is 17.0 Å². The average Bonchev–Trinajstić information content (AvgIpc) is 3.25. The average molecular weight is 455 g/mol. The van der Waals surface area contributed by atoms with Crippen molar-refractivity contribution in [1.82, 2.24) is 9.97 Å². The fourth-order valence-electron chi connectivity index (χ4n) is 2.98. The van der Waals surface area contributed by atoms with Crippen LogP contribution in [0.5, 0.6) is 5.75 Å². The van der Waals surface area contributed by atoms with Crippen molar-refractivity contribution in [3.05, 3.63) is 76.0 Å². The zero-order valence-corrected chi connectivity index (χ0v) is 18.0. The molecule has 2 N–H and O–H groups in total. The molecule has 0 aliphatic heterocycles. The van der Waals surface area contributed by atoms with E-state index in [1.165, 1.54) is 18.2 Å². The molecule has 9 nitrogen and oxygen atoms in total. The van der Waals surface area contributed by atoms with Gasteiger partial charge < -0.3 is 19.4 Å². The Morgan fingerprint density at radius 1 is 1.31 bits per heavy atom. The number of carboxylic acids is 1. The van der Waals surface area contributed by atoms with Crippen LogP contribution >= 0.6 is 0 Å². The Labute approximate surface area is 187 Å². The summed E-state index contributed by atoms with van der Waals surface area (Å²) in [6.07, 6.45) is 4.16. The molecule has 1 unspecified atom stereocenters. The number of ether oxygens (including phenoxy) is 1. The maximum atomic E-state index is 12.5. The number of aryl methyl sites for hydroxylation is 1. The smallest absolute Gasteiger partial charge is 0.328 e. The molecular weight excluding hydrogens is 434 g/mol. The molecule has 1 aromatic heterocycles. The minimum atomic E-state index is -1.34. The second-order valence-corrected chi connectivity index (χ2v) is 8.29. The first-order chi connectivity index (χ1) is 15.3. The van der Waals surface area contributed by atoms with Gasteiger partial charge >= 0.3 is 11.1 Å². The van der Waals surface area contributed by atoms with E-state index in [0.717, 1.165) is 29.0 Å². The van der Waals surface area contributed by atoms with Gasteiger partial charge in [-0.15, -0.1) is 0 Å². The van der Waals surface area contributed by atoms with Gasteiger partial charge in [0.1, 0.15) is 11.5 Å². The number of nitrogens with one attached hydrogen (secondary N) is 1. The molecule has 0 aliphatic rings. The first kappa shape index (κ1) is 23.0. The maximum Gasteiger partial charge on any atom is 0.328 e. The Balaban J connectivity index is 1.56. The van der Waals surface area contributed by atoms with Crippen LogP contribution < -0.4 is 4.74 Å². The van der Waals surface area contributed by atoms with Gasteiger partial charge in [0.05, 0.1) is 22.8 Å². The topological polar surface area (TPSA) is 141 Å². The van der Waals surface area contributed by atoms with E-state index in [2.05, 4.69) is 9.97 Å². The third kappa shape index (κ3) is 5.96. The maximum absolute atomic E-state index is 12.5. The fourth-order valence-corrected chi connectivity index (χ4v) is 3.94. The Morgan fingerprint density at radius 3 is 2.81 bits per heavy atom. The first-order valence-corrected chi connectivity index (χ1v) is 11.0. The highest BCUT2D eigenvalue weighted by molar-refractivity contribution is 7.91. The minimum Gasteiger partial charge on any atom is -0.609 e. The summed E-state index contributed by atoms with van der Waals surface area (Å²) in [7, 11) is 0.